The molecule has 1 unspecified atom stereocenters. The summed E-state index contributed by atoms with van der Waals surface area (Å²) in [4.78, 5) is 10.2. The van der Waals surface area contributed by atoms with E-state index in [2.05, 4.69) is 6.92 Å². The zero-order valence-electron chi connectivity index (χ0n) is 18.5. The fourth-order valence-electron chi connectivity index (χ4n) is 3.83. The second-order valence-electron chi connectivity index (χ2n) is 8.49. The molecule has 0 aliphatic rings. The third-order valence-electron chi connectivity index (χ3n) is 5.72. The van der Waals surface area contributed by atoms with Crippen molar-refractivity contribution in [1.82, 2.24) is 0 Å². The van der Waals surface area contributed by atoms with Gasteiger partial charge in [-0.05, 0) is 6.42 Å². The Hall–Kier alpha value is -0.370. The Bertz CT molecular complexity index is 277. The molecular formula is C25H49O2. The van der Waals surface area contributed by atoms with Crippen LogP contribution < -0.4 is 0 Å². The van der Waals surface area contributed by atoms with E-state index in [0.717, 1.165) is 12.8 Å². The summed E-state index contributed by atoms with van der Waals surface area (Å²) in [5, 5.41) is 9.09. The minimum atomic E-state index is -0.856. The average molecular weight is 382 g/mol. The minimum Gasteiger partial charge on any atom is -0.385 e. The van der Waals surface area contributed by atoms with Gasteiger partial charge in [0.2, 0.25) is 6.29 Å². The van der Waals surface area contributed by atoms with Gasteiger partial charge in [0.05, 0.1) is 0 Å². The van der Waals surface area contributed by atoms with E-state index >= 15 is 0 Å². The van der Waals surface area contributed by atoms with Crippen molar-refractivity contribution in [2.45, 2.75) is 154 Å². The van der Waals surface area contributed by atoms with Crippen LogP contribution in [-0.2, 0) is 4.79 Å². The lowest BCUT2D eigenvalue weighted by Crippen LogP contribution is -2.06. The summed E-state index contributed by atoms with van der Waals surface area (Å²) in [6.07, 6.45) is 30.3. The van der Waals surface area contributed by atoms with Crippen molar-refractivity contribution in [2.75, 3.05) is 0 Å². The van der Waals surface area contributed by atoms with E-state index in [-0.39, 0.29) is 0 Å². The third-order valence-corrected chi connectivity index (χ3v) is 5.72. The molecule has 1 N–H and O–H groups in total. The molecule has 0 heterocycles. The van der Waals surface area contributed by atoms with Gasteiger partial charge in [0.25, 0.3) is 0 Å². The summed E-state index contributed by atoms with van der Waals surface area (Å²) >= 11 is 0. The van der Waals surface area contributed by atoms with Gasteiger partial charge in [-0.15, -0.1) is 0 Å². The quantitative estimate of drug-likeness (QED) is 0.182. The first-order valence-electron chi connectivity index (χ1n) is 12.4. The molecule has 161 valence electrons. The van der Waals surface area contributed by atoms with Crippen LogP contribution in [0.5, 0.6) is 0 Å². The van der Waals surface area contributed by atoms with Gasteiger partial charge in [-0.1, -0.05) is 142 Å². The maximum absolute atomic E-state index is 10.2. The standard InChI is InChI=1S/C25H49O2/c1-2-3-4-5-6-7-8-9-10-11-12-13-14-15-16-17-18-19-20-21-22-23-25(27)24-26/h25,27H,2-23H2,1H3. The smallest absolute Gasteiger partial charge is 0.229 e. The number of hydrogen-bond donors (Lipinski definition) is 1. The van der Waals surface area contributed by atoms with Crippen LogP contribution >= 0.6 is 0 Å². The van der Waals surface area contributed by atoms with Crippen molar-refractivity contribution >= 4 is 6.29 Å². The lowest BCUT2D eigenvalue weighted by atomic mass is 10.0. The first kappa shape index (κ1) is 26.6. The van der Waals surface area contributed by atoms with E-state index in [1.54, 1.807) is 6.29 Å². The largest absolute Gasteiger partial charge is 0.385 e. The molecule has 0 saturated heterocycles. The van der Waals surface area contributed by atoms with Crippen LogP contribution in [0.4, 0.5) is 0 Å². The van der Waals surface area contributed by atoms with Crippen LogP contribution in [0, 0.1) is 0 Å². The van der Waals surface area contributed by atoms with Crippen molar-refractivity contribution in [2.24, 2.45) is 0 Å². The molecule has 2 heteroatoms. The second kappa shape index (κ2) is 23.7. The summed E-state index contributed by atoms with van der Waals surface area (Å²) in [5.41, 5.74) is 0. The molecule has 1 radical (unpaired) electrons. The molecule has 0 rings (SSSR count). The zero-order chi connectivity index (χ0) is 19.8. The highest BCUT2D eigenvalue weighted by molar-refractivity contribution is 5.56. The normalized spacial score (nSPS) is 12.4. The number of aliphatic hydroxyl groups is 1. The molecule has 0 spiro atoms. The molecule has 0 fully saturated rings. The minimum absolute atomic E-state index is 0.586. The van der Waals surface area contributed by atoms with E-state index in [0.29, 0.717) is 6.42 Å². The van der Waals surface area contributed by atoms with Crippen molar-refractivity contribution in [1.29, 1.82) is 0 Å². The van der Waals surface area contributed by atoms with Crippen LogP contribution in [0.3, 0.4) is 0 Å². The summed E-state index contributed by atoms with van der Waals surface area (Å²) in [6, 6.07) is 0. The van der Waals surface area contributed by atoms with Crippen molar-refractivity contribution in [3.8, 4) is 0 Å². The Kier molecular flexibility index (Phi) is 23.3. The summed E-state index contributed by atoms with van der Waals surface area (Å²) in [5.74, 6) is 0. The van der Waals surface area contributed by atoms with Crippen molar-refractivity contribution in [3.05, 3.63) is 0 Å². The second-order valence-corrected chi connectivity index (χ2v) is 8.49. The molecule has 1 atom stereocenters. The Morgan fingerprint density at radius 3 is 1.04 bits per heavy atom. The molecule has 0 aromatic carbocycles. The Morgan fingerprint density at radius 2 is 0.778 bits per heavy atom. The Balaban J connectivity index is 3.00. The molecule has 2 nitrogen and oxygen atoms in total. The summed E-state index contributed by atoms with van der Waals surface area (Å²) in [6.45, 7) is 2.29. The van der Waals surface area contributed by atoms with Gasteiger partial charge >= 0.3 is 0 Å². The monoisotopic (exact) mass is 381 g/mol. The van der Waals surface area contributed by atoms with Crippen LogP contribution in [0.2, 0.25) is 0 Å². The number of unbranched alkanes of at least 4 members (excludes halogenated alkanes) is 20. The fourth-order valence-corrected chi connectivity index (χ4v) is 3.83. The molecule has 27 heavy (non-hydrogen) atoms. The van der Waals surface area contributed by atoms with Crippen molar-refractivity contribution < 1.29 is 9.90 Å². The lowest BCUT2D eigenvalue weighted by Gasteiger charge is -2.04. The van der Waals surface area contributed by atoms with Crippen LogP contribution in [0.1, 0.15) is 148 Å². The highest BCUT2D eigenvalue weighted by Gasteiger charge is 2.01. The molecule has 0 saturated carbocycles. The SMILES string of the molecule is CCCCCCCCCCCCCCCCCCCCCCCC(O)[C]=O. The number of carbonyl (C=O) groups excluding carboxylic acids is 1. The average Bonchev–Trinajstić information content (AvgIpc) is 2.68. The van der Waals surface area contributed by atoms with E-state index in [4.69, 9.17) is 5.11 Å². The predicted molar refractivity (Wildman–Crippen MR) is 119 cm³/mol. The van der Waals surface area contributed by atoms with Gasteiger partial charge in [-0.25, -0.2) is 0 Å². The Morgan fingerprint density at radius 1 is 0.519 bits per heavy atom. The first-order valence-corrected chi connectivity index (χ1v) is 12.4. The molecule has 0 aromatic rings. The number of aliphatic hydroxyl groups excluding tert-OH is 1. The highest BCUT2D eigenvalue weighted by atomic mass is 16.3. The van der Waals surface area contributed by atoms with Crippen LogP contribution in [0.25, 0.3) is 0 Å². The van der Waals surface area contributed by atoms with Crippen LogP contribution in [-0.4, -0.2) is 17.5 Å². The fraction of sp³-hybridized carbons (Fsp3) is 0.960. The van der Waals surface area contributed by atoms with Gasteiger partial charge < -0.3 is 5.11 Å². The topological polar surface area (TPSA) is 37.3 Å². The third kappa shape index (κ3) is 23.6. The summed E-state index contributed by atoms with van der Waals surface area (Å²) < 4.78 is 0. The first-order chi connectivity index (χ1) is 13.3. The maximum atomic E-state index is 10.2. The maximum Gasteiger partial charge on any atom is 0.229 e. The van der Waals surface area contributed by atoms with E-state index in [1.807, 2.05) is 0 Å². The molecule has 0 amide bonds. The van der Waals surface area contributed by atoms with Gasteiger partial charge in [0.15, 0.2) is 0 Å². The molecule has 0 aromatic heterocycles. The highest BCUT2D eigenvalue weighted by Crippen LogP contribution is 2.15. The van der Waals surface area contributed by atoms with E-state index in [9.17, 15) is 4.79 Å². The molecule has 0 aliphatic heterocycles. The zero-order valence-corrected chi connectivity index (χ0v) is 18.5. The summed E-state index contributed by atoms with van der Waals surface area (Å²) in [7, 11) is 0. The van der Waals surface area contributed by atoms with Crippen molar-refractivity contribution in [3.63, 3.8) is 0 Å². The van der Waals surface area contributed by atoms with E-state index < -0.39 is 6.10 Å². The molecule has 0 bridgehead atoms. The molecular weight excluding hydrogens is 332 g/mol. The van der Waals surface area contributed by atoms with Gasteiger partial charge in [-0.2, -0.15) is 0 Å². The predicted octanol–water partition coefficient (Wildman–Crippen LogP) is 8.06. The van der Waals surface area contributed by atoms with Crippen LogP contribution in [0.15, 0.2) is 0 Å². The van der Waals surface area contributed by atoms with E-state index in [1.165, 1.54) is 122 Å². The van der Waals surface area contributed by atoms with Gasteiger partial charge in [-0.3, -0.25) is 4.79 Å². The number of hydrogen-bond acceptors (Lipinski definition) is 2. The number of rotatable bonds is 23. The lowest BCUT2D eigenvalue weighted by molar-refractivity contribution is 0.219. The van der Waals surface area contributed by atoms with Gasteiger partial charge in [0, 0.05) is 0 Å². The Labute approximate surface area is 170 Å². The van der Waals surface area contributed by atoms with Gasteiger partial charge in [0.1, 0.15) is 6.10 Å². The molecule has 0 aliphatic carbocycles.